The largest absolute Gasteiger partial charge is 0.312 e. The van der Waals surface area contributed by atoms with Crippen LogP contribution >= 0.6 is 0 Å². The van der Waals surface area contributed by atoms with E-state index in [0.29, 0.717) is 11.6 Å². The zero-order valence-corrected chi connectivity index (χ0v) is 13.3. The molecule has 18 heavy (non-hydrogen) atoms. The Morgan fingerprint density at radius 2 is 1.61 bits per heavy atom. The molecule has 0 bridgehead atoms. The molecule has 1 fully saturated rings. The van der Waals surface area contributed by atoms with E-state index in [1.807, 2.05) is 0 Å². The van der Waals surface area contributed by atoms with Gasteiger partial charge in [0.15, 0.2) is 0 Å². The summed E-state index contributed by atoms with van der Waals surface area (Å²) in [5.74, 6) is 0.908. The van der Waals surface area contributed by atoms with Gasteiger partial charge in [-0.2, -0.15) is 0 Å². The van der Waals surface area contributed by atoms with E-state index >= 15 is 0 Å². The second kappa shape index (κ2) is 7.49. The molecule has 1 aliphatic carbocycles. The molecule has 0 heterocycles. The Morgan fingerprint density at radius 1 is 1.06 bits per heavy atom. The fourth-order valence-electron chi connectivity index (χ4n) is 3.98. The summed E-state index contributed by atoms with van der Waals surface area (Å²) in [5, 5.41) is 3.83. The Labute approximate surface area is 115 Å². The molecule has 2 heteroatoms. The summed E-state index contributed by atoms with van der Waals surface area (Å²) in [5.41, 5.74) is 0.366. The van der Waals surface area contributed by atoms with Gasteiger partial charge in [0.1, 0.15) is 0 Å². The van der Waals surface area contributed by atoms with Crippen molar-refractivity contribution >= 4 is 0 Å². The average Bonchev–Trinajstić information content (AvgIpc) is 2.33. The fraction of sp³-hybridized carbons (Fsp3) is 1.00. The number of rotatable bonds is 9. The summed E-state index contributed by atoms with van der Waals surface area (Å²) in [6.45, 7) is 15.1. The summed E-state index contributed by atoms with van der Waals surface area (Å²) in [4.78, 5) is 2.71. The zero-order chi connectivity index (χ0) is 13.6. The van der Waals surface area contributed by atoms with Crippen LogP contribution in [-0.4, -0.2) is 36.1 Å². The molecule has 0 aromatic heterocycles. The van der Waals surface area contributed by atoms with Gasteiger partial charge in [-0.3, -0.25) is 4.90 Å². The van der Waals surface area contributed by atoms with Gasteiger partial charge in [-0.15, -0.1) is 0 Å². The quantitative estimate of drug-likeness (QED) is 0.675. The molecule has 0 radical (unpaired) electrons. The standard InChI is InChI=1S/C16H34N2/c1-6-16(7-2,18(9-4)10-5)15(17-8-3)14-12-11-13-14/h14-15,17H,6-13H2,1-5H3. The van der Waals surface area contributed by atoms with Crippen LogP contribution in [0.5, 0.6) is 0 Å². The van der Waals surface area contributed by atoms with Crippen LogP contribution in [0.2, 0.25) is 0 Å². The average molecular weight is 254 g/mol. The number of nitrogens with zero attached hydrogens (tertiary/aromatic N) is 1. The third-order valence-electron chi connectivity index (χ3n) is 5.24. The first-order valence-corrected chi connectivity index (χ1v) is 8.18. The molecular weight excluding hydrogens is 220 g/mol. The third-order valence-corrected chi connectivity index (χ3v) is 5.24. The van der Waals surface area contributed by atoms with Crippen LogP contribution in [0.25, 0.3) is 0 Å². The van der Waals surface area contributed by atoms with Crippen LogP contribution in [0.3, 0.4) is 0 Å². The number of hydrogen-bond donors (Lipinski definition) is 1. The van der Waals surface area contributed by atoms with Crippen molar-refractivity contribution in [2.75, 3.05) is 19.6 Å². The third kappa shape index (κ3) is 2.91. The first-order chi connectivity index (χ1) is 8.69. The van der Waals surface area contributed by atoms with Gasteiger partial charge in [0.2, 0.25) is 0 Å². The van der Waals surface area contributed by atoms with E-state index in [9.17, 15) is 0 Å². The molecule has 1 atom stereocenters. The van der Waals surface area contributed by atoms with Gasteiger partial charge in [-0.05, 0) is 51.2 Å². The van der Waals surface area contributed by atoms with Gasteiger partial charge >= 0.3 is 0 Å². The van der Waals surface area contributed by atoms with E-state index in [1.165, 1.54) is 45.2 Å². The molecule has 1 saturated carbocycles. The Morgan fingerprint density at radius 3 is 1.89 bits per heavy atom. The van der Waals surface area contributed by atoms with Crippen molar-refractivity contribution in [2.45, 2.75) is 78.3 Å². The lowest BCUT2D eigenvalue weighted by molar-refractivity contribution is 0.00971. The molecule has 1 unspecified atom stereocenters. The minimum atomic E-state index is 0.366. The highest BCUT2D eigenvalue weighted by Gasteiger charge is 2.44. The Balaban J connectivity index is 2.95. The molecule has 0 aromatic rings. The summed E-state index contributed by atoms with van der Waals surface area (Å²) in [7, 11) is 0. The normalized spacial score (nSPS) is 19.0. The SMILES string of the molecule is CCNC(C1CCC1)C(CC)(CC)N(CC)CC. The summed E-state index contributed by atoms with van der Waals surface area (Å²) in [6, 6.07) is 0.686. The van der Waals surface area contributed by atoms with E-state index < -0.39 is 0 Å². The maximum Gasteiger partial charge on any atom is 0.0359 e. The van der Waals surface area contributed by atoms with Crippen molar-refractivity contribution in [3.63, 3.8) is 0 Å². The molecule has 108 valence electrons. The first-order valence-electron chi connectivity index (χ1n) is 8.18. The smallest absolute Gasteiger partial charge is 0.0359 e. The lowest BCUT2D eigenvalue weighted by Gasteiger charge is -2.52. The summed E-state index contributed by atoms with van der Waals surface area (Å²) in [6.07, 6.45) is 6.83. The van der Waals surface area contributed by atoms with Crippen LogP contribution in [0.4, 0.5) is 0 Å². The molecule has 0 amide bonds. The second-order valence-electron chi connectivity index (χ2n) is 5.71. The molecule has 1 N–H and O–H groups in total. The van der Waals surface area contributed by atoms with Crippen LogP contribution in [-0.2, 0) is 0 Å². The summed E-state index contributed by atoms with van der Waals surface area (Å²) < 4.78 is 0. The van der Waals surface area contributed by atoms with Crippen molar-refractivity contribution in [1.82, 2.24) is 10.2 Å². The van der Waals surface area contributed by atoms with Gasteiger partial charge in [-0.25, -0.2) is 0 Å². The van der Waals surface area contributed by atoms with Crippen molar-refractivity contribution in [3.8, 4) is 0 Å². The number of nitrogens with one attached hydrogen (secondary N) is 1. The maximum atomic E-state index is 3.83. The zero-order valence-electron chi connectivity index (χ0n) is 13.3. The van der Waals surface area contributed by atoms with Crippen molar-refractivity contribution in [2.24, 2.45) is 5.92 Å². The predicted molar refractivity (Wildman–Crippen MR) is 81.0 cm³/mol. The molecule has 0 spiro atoms. The fourth-order valence-corrected chi connectivity index (χ4v) is 3.98. The van der Waals surface area contributed by atoms with Crippen molar-refractivity contribution in [3.05, 3.63) is 0 Å². The van der Waals surface area contributed by atoms with E-state index in [2.05, 4.69) is 44.8 Å². The van der Waals surface area contributed by atoms with E-state index in [1.54, 1.807) is 0 Å². The maximum absolute atomic E-state index is 3.83. The number of likely N-dealkylation sites (N-methyl/N-ethyl adjacent to an activating group) is 2. The van der Waals surface area contributed by atoms with E-state index in [0.717, 1.165) is 12.5 Å². The lowest BCUT2D eigenvalue weighted by atomic mass is 9.68. The van der Waals surface area contributed by atoms with E-state index in [-0.39, 0.29) is 0 Å². The second-order valence-corrected chi connectivity index (χ2v) is 5.71. The predicted octanol–water partition coefficient (Wildman–Crippen LogP) is 3.67. The van der Waals surface area contributed by atoms with Crippen molar-refractivity contribution in [1.29, 1.82) is 0 Å². The summed E-state index contributed by atoms with van der Waals surface area (Å²) >= 11 is 0. The molecule has 0 aromatic carbocycles. The highest BCUT2D eigenvalue weighted by Crippen LogP contribution is 2.39. The Bertz CT molecular complexity index is 215. The van der Waals surface area contributed by atoms with Gasteiger partial charge in [-0.1, -0.05) is 41.0 Å². The van der Waals surface area contributed by atoms with Gasteiger partial charge in [0, 0.05) is 11.6 Å². The highest BCUT2D eigenvalue weighted by atomic mass is 15.2. The van der Waals surface area contributed by atoms with Crippen LogP contribution in [0.1, 0.15) is 66.7 Å². The monoisotopic (exact) mass is 254 g/mol. The molecule has 1 rings (SSSR count). The first kappa shape index (κ1) is 16.0. The number of hydrogen-bond acceptors (Lipinski definition) is 2. The molecule has 0 saturated heterocycles. The molecule has 2 nitrogen and oxygen atoms in total. The van der Waals surface area contributed by atoms with Crippen molar-refractivity contribution < 1.29 is 0 Å². The van der Waals surface area contributed by atoms with E-state index in [4.69, 9.17) is 0 Å². The van der Waals surface area contributed by atoms with Crippen LogP contribution in [0.15, 0.2) is 0 Å². The molecule has 1 aliphatic rings. The minimum Gasteiger partial charge on any atom is -0.312 e. The topological polar surface area (TPSA) is 15.3 Å². The highest BCUT2D eigenvalue weighted by molar-refractivity contribution is 5.03. The van der Waals surface area contributed by atoms with Crippen LogP contribution in [0, 0.1) is 5.92 Å². The van der Waals surface area contributed by atoms with Crippen LogP contribution < -0.4 is 5.32 Å². The molecule has 0 aliphatic heterocycles. The minimum absolute atomic E-state index is 0.366. The van der Waals surface area contributed by atoms with Gasteiger partial charge in [0.05, 0.1) is 0 Å². The molecular formula is C16H34N2. The Kier molecular flexibility index (Phi) is 6.65. The van der Waals surface area contributed by atoms with Gasteiger partial charge < -0.3 is 5.32 Å². The van der Waals surface area contributed by atoms with Gasteiger partial charge in [0.25, 0.3) is 0 Å². The Hall–Kier alpha value is -0.0800. The lowest BCUT2D eigenvalue weighted by Crippen LogP contribution is -2.64.